The molecule has 2 fully saturated rings. The average Bonchev–Trinajstić information content (AvgIpc) is 2.98. The monoisotopic (exact) mass is 276 g/mol. The highest BCUT2D eigenvalue weighted by Gasteiger charge is 2.30. The molecule has 5 heteroatoms. The Bertz CT molecular complexity index is 429. The summed E-state index contributed by atoms with van der Waals surface area (Å²) in [6, 6.07) is 0.770. The first-order valence-corrected chi connectivity index (χ1v) is 7.83. The molecule has 0 saturated carbocycles. The largest absolute Gasteiger partial charge is 0.317 e. The number of carbonyl (C=O) groups is 1. The first-order chi connectivity index (χ1) is 9.74. The van der Waals surface area contributed by atoms with E-state index in [0.717, 1.165) is 24.8 Å². The normalized spacial score (nSPS) is 26.4. The summed E-state index contributed by atoms with van der Waals surface area (Å²) >= 11 is 0. The van der Waals surface area contributed by atoms with Crippen LogP contribution in [0.5, 0.6) is 0 Å². The molecule has 0 aromatic carbocycles. The van der Waals surface area contributed by atoms with Crippen molar-refractivity contribution >= 4 is 17.2 Å². The van der Waals surface area contributed by atoms with Crippen LogP contribution in [0, 0.1) is 5.92 Å². The summed E-state index contributed by atoms with van der Waals surface area (Å²) in [7, 11) is 0. The molecule has 0 amide bonds. The Morgan fingerprint density at radius 2 is 1.85 bits per heavy atom. The molecule has 3 aliphatic rings. The fourth-order valence-corrected chi connectivity index (χ4v) is 3.56. The molecule has 0 radical (unpaired) electrons. The molecule has 3 rings (SSSR count). The second-order valence-corrected chi connectivity index (χ2v) is 6.16. The number of nitrogens with one attached hydrogen (secondary N) is 1. The first kappa shape index (κ1) is 13.9. The van der Waals surface area contributed by atoms with Crippen LogP contribution < -0.4 is 5.32 Å². The van der Waals surface area contributed by atoms with Crippen molar-refractivity contribution in [2.75, 3.05) is 26.2 Å². The third kappa shape index (κ3) is 2.99. The van der Waals surface area contributed by atoms with Gasteiger partial charge < -0.3 is 10.2 Å². The van der Waals surface area contributed by atoms with Gasteiger partial charge in [-0.25, -0.2) is 0 Å². The first-order valence-electron chi connectivity index (χ1n) is 7.83. The lowest BCUT2D eigenvalue weighted by Crippen LogP contribution is -2.47. The molecule has 0 aromatic rings. The Morgan fingerprint density at radius 1 is 1.15 bits per heavy atom. The molecular formula is C15H24N4O. The summed E-state index contributed by atoms with van der Waals surface area (Å²) in [6.07, 6.45) is 5.59. The van der Waals surface area contributed by atoms with E-state index in [1.165, 1.54) is 38.8 Å². The van der Waals surface area contributed by atoms with Gasteiger partial charge in [-0.2, -0.15) is 10.2 Å². The number of nitrogens with zero attached hydrogens (tertiary/aromatic N) is 3. The van der Waals surface area contributed by atoms with Gasteiger partial charge in [-0.1, -0.05) is 0 Å². The number of hydrogen-bond donors (Lipinski definition) is 1. The third-order valence-corrected chi connectivity index (χ3v) is 4.88. The lowest BCUT2D eigenvalue weighted by molar-refractivity contribution is -0.111. The Hall–Kier alpha value is -1.07. The van der Waals surface area contributed by atoms with Crippen LogP contribution in [0.15, 0.2) is 10.2 Å². The van der Waals surface area contributed by atoms with E-state index < -0.39 is 0 Å². The van der Waals surface area contributed by atoms with Gasteiger partial charge in [0.15, 0.2) is 5.78 Å². The zero-order chi connectivity index (χ0) is 13.9. The Labute approximate surface area is 120 Å². The Kier molecular flexibility index (Phi) is 4.27. The molecule has 0 spiro atoms. The van der Waals surface area contributed by atoms with Crippen LogP contribution in [0.25, 0.3) is 0 Å². The summed E-state index contributed by atoms with van der Waals surface area (Å²) in [5.41, 5.74) is 1.78. The van der Waals surface area contributed by atoms with Crippen molar-refractivity contribution in [2.45, 2.75) is 45.1 Å². The van der Waals surface area contributed by atoms with Gasteiger partial charge in [0.05, 0.1) is 0 Å². The molecule has 20 heavy (non-hydrogen) atoms. The maximum absolute atomic E-state index is 11.3. The van der Waals surface area contributed by atoms with Crippen LogP contribution in [0.2, 0.25) is 0 Å². The van der Waals surface area contributed by atoms with Crippen LogP contribution in [-0.2, 0) is 4.79 Å². The smallest absolute Gasteiger partial charge is 0.176 e. The van der Waals surface area contributed by atoms with Gasteiger partial charge in [0.2, 0.25) is 0 Å². The molecule has 5 nitrogen and oxygen atoms in total. The highest BCUT2D eigenvalue weighted by molar-refractivity contribution is 6.43. The van der Waals surface area contributed by atoms with Gasteiger partial charge in [0.25, 0.3) is 0 Å². The molecule has 0 aromatic heterocycles. The summed E-state index contributed by atoms with van der Waals surface area (Å²) < 4.78 is 0. The minimum Gasteiger partial charge on any atom is -0.317 e. The number of piperidine rings is 2. The number of Topliss-reactive ketones (excluding diaryl/α,β-unsaturated/α-hetero) is 1. The van der Waals surface area contributed by atoms with E-state index in [2.05, 4.69) is 20.4 Å². The molecule has 3 heterocycles. The number of hydrogen-bond acceptors (Lipinski definition) is 5. The second kappa shape index (κ2) is 6.14. The van der Waals surface area contributed by atoms with Crippen molar-refractivity contribution in [2.24, 2.45) is 16.1 Å². The lowest BCUT2D eigenvalue weighted by atomic mass is 9.88. The third-order valence-electron chi connectivity index (χ3n) is 4.88. The van der Waals surface area contributed by atoms with E-state index in [1.807, 2.05) is 0 Å². The van der Waals surface area contributed by atoms with E-state index in [9.17, 15) is 4.79 Å². The molecule has 1 N–H and O–H groups in total. The van der Waals surface area contributed by atoms with Crippen LogP contribution >= 0.6 is 0 Å². The standard InChI is InChI=1S/C15H24N4O/c1-11(20)14-10-15(18-17-14)12-4-8-19(9-5-12)13-2-6-16-7-3-13/h12-13,16H,2-10H2,1H3. The van der Waals surface area contributed by atoms with Gasteiger partial charge >= 0.3 is 0 Å². The molecule has 3 aliphatic heterocycles. The van der Waals surface area contributed by atoms with Crippen LogP contribution in [0.3, 0.4) is 0 Å². The Balaban J connectivity index is 1.48. The van der Waals surface area contributed by atoms with Crippen molar-refractivity contribution < 1.29 is 4.79 Å². The van der Waals surface area contributed by atoms with Gasteiger partial charge in [0.1, 0.15) is 5.71 Å². The van der Waals surface area contributed by atoms with Crippen molar-refractivity contribution in [1.29, 1.82) is 0 Å². The van der Waals surface area contributed by atoms with E-state index in [-0.39, 0.29) is 5.78 Å². The fraction of sp³-hybridized carbons (Fsp3) is 0.800. The second-order valence-electron chi connectivity index (χ2n) is 6.16. The molecule has 110 valence electrons. The summed E-state index contributed by atoms with van der Waals surface area (Å²) in [4.78, 5) is 14.0. The summed E-state index contributed by atoms with van der Waals surface area (Å²) in [5.74, 6) is 0.601. The van der Waals surface area contributed by atoms with E-state index >= 15 is 0 Å². The molecule has 0 atom stereocenters. The highest BCUT2D eigenvalue weighted by Crippen LogP contribution is 2.26. The van der Waals surface area contributed by atoms with Gasteiger partial charge in [-0.05, 0) is 51.9 Å². The molecule has 0 bridgehead atoms. The average molecular weight is 276 g/mol. The molecule has 0 unspecified atom stereocenters. The number of rotatable bonds is 3. The zero-order valence-electron chi connectivity index (χ0n) is 12.3. The predicted molar refractivity (Wildman–Crippen MR) is 80.4 cm³/mol. The topological polar surface area (TPSA) is 57.1 Å². The summed E-state index contributed by atoms with van der Waals surface area (Å²) in [6.45, 7) is 6.24. The Morgan fingerprint density at radius 3 is 2.45 bits per heavy atom. The van der Waals surface area contributed by atoms with E-state index in [0.29, 0.717) is 18.1 Å². The predicted octanol–water partition coefficient (Wildman–Crippen LogP) is 1.24. The molecular weight excluding hydrogens is 252 g/mol. The van der Waals surface area contributed by atoms with E-state index in [1.54, 1.807) is 6.92 Å². The number of likely N-dealkylation sites (tertiary alicyclic amines) is 1. The summed E-state index contributed by atoms with van der Waals surface area (Å²) in [5, 5.41) is 11.7. The van der Waals surface area contributed by atoms with Crippen molar-refractivity contribution in [3.8, 4) is 0 Å². The van der Waals surface area contributed by atoms with Gasteiger partial charge in [-0.3, -0.25) is 4.79 Å². The van der Waals surface area contributed by atoms with Crippen molar-refractivity contribution in [3.05, 3.63) is 0 Å². The fourth-order valence-electron chi connectivity index (χ4n) is 3.56. The zero-order valence-corrected chi connectivity index (χ0v) is 12.3. The van der Waals surface area contributed by atoms with Crippen LogP contribution in [0.4, 0.5) is 0 Å². The minimum atomic E-state index is 0.0656. The van der Waals surface area contributed by atoms with Crippen molar-refractivity contribution in [1.82, 2.24) is 10.2 Å². The number of ketones is 1. The van der Waals surface area contributed by atoms with E-state index in [4.69, 9.17) is 0 Å². The molecule has 0 aliphatic carbocycles. The maximum atomic E-state index is 11.3. The highest BCUT2D eigenvalue weighted by atomic mass is 16.1. The van der Waals surface area contributed by atoms with Gasteiger partial charge in [-0.15, -0.1) is 0 Å². The minimum absolute atomic E-state index is 0.0656. The van der Waals surface area contributed by atoms with Crippen LogP contribution in [0.1, 0.15) is 39.0 Å². The van der Waals surface area contributed by atoms with Crippen LogP contribution in [-0.4, -0.2) is 54.3 Å². The molecule has 2 saturated heterocycles. The van der Waals surface area contributed by atoms with Gasteiger partial charge in [0, 0.05) is 31.0 Å². The van der Waals surface area contributed by atoms with Crippen molar-refractivity contribution in [3.63, 3.8) is 0 Å². The number of carbonyl (C=O) groups excluding carboxylic acids is 1. The maximum Gasteiger partial charge on any atom is 0.176 e. The SMILES string of the molecule is CC(=O)C1=NN=C(C2CCN(C3CCNCC3)CC2)C1. The lowest BCUT2D eigenvalue weighted by Gasteiger charge is -2.39. The quantitative estimate of drug-likeness (QED) is 0.844.